The number of hydrogen-bond donors (Lipinski definition) is 0. The molecule has 0 spiro atoms. The number of rotatable bonds is 1. The van der Waals surface area contributed by atoms with Crippen LogP contribution in [0.4, 0.5) is 0 Å². The van der Waals surface area contributed by atoms with Crippen LogP contribution in [0.5, 0.6) is 0 Å². The summed E-state index contributed by atoms with van der Waals surface area (Å²) in [7, 11) is 0. The van der Waals surface area contributed by atoms with Gasteiger partial charge in [0.2, 0.25) is 0 Å². The monoisotopic (exact) mass is 308 g/mol. The molecule has 0 N–H and O–H groups in total. The molecule has 0 unspecified atom stereocenters. The van der Waals surface area contributed by atoms with Crippen molar-refractivity contribution in [2.24, 2.45) is 0 Å². The van der Waals surface area contributed by atoms with Crippen LogP contribution in [0.2, 0.25) is 0 Å². The molecule has 5 rings (SSSR count). The molecule has 0 bridgehead atoms. The van der Waals surface area contributed by atoms with Crippen LogP contribution in [0, 0.1) is 6.92 Å². The molecule has 0 radical (unpaired) electrons. The molecule has 1 heterocycles. The summed E-state index contributed by atoms with van der Waals surface area (Å²) in [6.07, 6.45) is 0. The molecule has 4 aromatic carbocycles. The van der Waals surface area contributed by atoms with E-state index in [1.54, 1.807) is 0 Å². The molecule has 1 aromatic heterocycles. The van der Waals surface area contributed by atoms with Crippen molar-refractivity contribution >= 4 is 32.7 Å². The van der Waals surface area contributed by atoms with E-state index in [0.717, 1.165) is 16.7 Å². The van der Waals surface area contributed by atoms with E-state index >= 15 is 0 Å². The first-order chi connectivity index (χ1) is 11.8. The largest absolute Gasteiger partial charge is 0.455 e. The lowest BCUT2D eigenvalue weighted by molar-refractivity contribution is 0.670. The summed E-state index contributed by atoms with van der Waals surface area (Å²) >= 11 is 0. The van der Waals surface area contributed by atoms with Crippen molar-refractivity contribution in [3.05, 3.63) is 84.4 Å². The van der Waals surface area contributed by atoms with E-state index < -0.39 is 0 Å². The maximum Gasteiger partial charge on any atom is 0.143 e. The van der Waals surface area contributed by atoms with Gasteiger partial charge < -0.3 is 4.42 Å². The minimum absolute atomic E-state index is 0.947. The summed E-state index contributed by atoms with van der Waals surface area (Å²) in [5, 5.41) is 4.91. The fourth-order valence-corrected chi connectivity index (χ4v) is 3.67. The lowest BCUT2D eigenvalue weighted by Crippen LogP contribution is -1.84. The first-order valence-electron chi connectivity index (χ1n) is 8.22. The summed E-state index contributed by atoms with van der Waals surface area (Å²) < 4.78 is 6.27. The van der Waals surface area contributed by atoms with Crippen molar-refractivity contribution < 1.29 is 4.42 Å². The minimum Gasteiger partial charge on any atom is -0.455 e. The Hall–Kier alpha value is -3.06. The number of aryl methyl sites for hydroxylation is 1. The number of hydrogen-bond acceptors (Lipinski definition) is 1. The van der Waals surface area contributed by atoms with E-state index in [0.29, 0.717) is 0 Å². The van der Waals surface area contributed by atoms with Crippen LogP contribution in [-0.2, 0) is 0 Å². The highest BCUT2D eigenvalue weighted by molar-refractivity contribution is 6.13. The lowest BCUT2D eigenvalue weighted by Gasteiger charge is -2.08. The van der Waals surface area contributed by atoms with Crippen LogP contribution < -0.4 is 0 Å². The van der Waals surface area contributed by atoms with Crippen molar-refractivity contribution in [2.45, 2.75) is 6.92 Å². The Labute approximate surface area is 140 Å². The van der Waals surface area contributed by atoms with Gasteiger partial charge in [-0.1, -0.05) is 72.8 Å². The molecular formula is C23H16O. The second-order valence-electron chi connectivity index (χ2n) is 6.26. The Morgan fingerprint density at radius 3 is 2.29 bits per heavy atom. The highest BCUT2D eigenvalue weighted by Gasteiger charge is 2.15. The lowest BCUT2D eigenvalue weighted by atomic mass is 9.95. The van der Waals surface area contributed by atoms with Gasteiger partial charge in [0.05, 0.1) is 0 Å². The van der Waals surface area contributed by atoms with Gasteiger partial charge in [0.15, 0.2) is 0 Å². The van der Waals surface area contributed by atoms with E-state index in [9.17, 15) is 0 Å². The van der Waals surface area contributed by atoms with Gasteiger partial charge >= 0.3 is 0 Å². The Bertz CT molecular complexity index is 1210. The fourth-order valence-electron chi connectivity index (χ4n) is 3.67. The maximum absolute atomic E-state index is 6.27. The predicted octanol–water partition coefficient (Wildman–Crippen LogP) is 6.71. The molecule has 0 amide bonds. The van der Waals surface area contributed by atoms with Gasteiger partial charge in [-0.05, 0) is 34.9 Å². The van der Waals surface area contributed by atoms with Gasteiger partial charge in [0.1, 0.15) is 11.2 Å². The normalized spacial score (nSPS) is 11.5. The number of benzene rings is 4. The van der Waals surface area contributed by atoms with E-state index in [2.05, 4.69) is 73.7 Å². The molecule has 0 saturated carbocycles. The van der Waals surface area contributed by atoms with Crippen LogP contribution >= 0.6 is 0 Å². The number of furan rings is 1. The van der Waals surface area contributed by atoms with Crippen LogP contribution in [-0.4, -0.2) is 0 Å². The number of fused-ring (bicyclic) bond motifs is 4. The Morgan fingerprint density at radius 2 is 1.38 bits per heavy atom. The second-order valence-corrected chi connectivity index (χ2v) is 6.26. The molecule has 0 saturated heterocycles. The fraction of sp³-hybridized carbons (Fsp3) is 0.0435. The molecule has 1 nitrogen and oxygen atoms in total. The van der Waals surface area contributed by atoms with Gasteiger partial charge in [-0.3, -0.25) is 0 Å². The van der Waals surface area contributed by atoms with Gasteiger partial charge in [0, 0.05) is 16.3 Å². The summed E-state index contributed by atoms with van der Waals surface area (Å²) in [4.78, 5) is 0. The average molecular weight is 308 g/mol. The van der Waals surface area contributed by atoms with E-state index in [1.165, 1.54) is 32.7 Å². The van der Waals surface area contributed by atoms with E-state index in [1.807, 2.05) is 12.1 Å². The van der Waals surface area contributed by atoms with Crippen LogP contribution in [0.3, 0.4) is 0 Å². The highest BCUT2D eigenvalue weighted by atomic mass is 16.3. The van der Waals surface area contributed by atoms with Crippen LogP contribution in [0.15, 0.2) is 83.3 Å². The zero-order chi connectivity index (χ0) is 16.1. The van der Waals surface area contributed by atoms with E-state index in [4.69, 9.17) is 4.42 Å². The van der Waals surface area contributed by atoms with Gasteiger partial charge in [-0.2, -0.15) is 0 Å². The smallest absolute Gasteiger partial charge is 0.143 e. The van der Waals surface area contributed by atoms with Gasteiger partial charge in [0.25, 0.3) is 0 Å². The molecule has 0 aliphatic rings. The predicted molar refractivity (Wildman–Crippen MR) is 101 cm³/mol. The molecule has 0 aliphatic carbocycles. The molecule has 1 heteroatoms. The summed E-state index contributed by atoms with van der Waals surface area (Å²) in [6, 6.07) is 27.6. The van der Waals surface area contributed by atoms with Crippen molar-refractivity contribution in [1.29, 1.82) is 0 Å². The van der Waals surface area contributed by atoms with E-state index in [-0.39, 0.29) is 0 Å². The summed E-state index contributed by atoms with van der Waals surface area (Å²) in [5.41, 5.74) is 5.55. The zero-order valence-electron chi connectivity index (χ0n) is 13.4. The van der Waals surface area contributed by atoms with Crippen molar-refractivity contribution in [1.82, 2.24) is 0 Å². The SMILES string of the molecule is Cc1ccc(-c2cccc3ccccc23)c2oc3ccccc3c12. The minimum atomic E-state index is 0.947. The van der Waals surface area contributed by atoms with Crippen molar-refractivity contribution in [2.75, 3.05) is 0 Å². The quantitative estimate of drug-likeness (QED) is 0.335. The zero-order valence-corrected chi connectivity index (χ0v) is 13.4. The van der Waals surface area contributed by atoms with Crippen LogP contribution in [0.1, 0.15) is 5.56 Å². The molecule has 5 aromatic rings. The molecule has 114 valence electrons. The van der Waals surface area contributed by atoms with Crippen molar-refractivity contribution in [3.8, 4) is 11.1 Å². The average Bonchev–Trinajstić information content (AvgIpc) is 3.02. The molecule has 24 heavy (non-hydrogen) atoms. The van der Waals surface area contributed by atoms with Gasteiger partial charge in [-0.25, -0.2) is 0 Å². The maximum atomic E-state index is 6.27. The molecule has 0 fully saturated rings. The molecular weight excluding hydrogens is 292 g/mol. The third-order valence-corrected chi connectivity index (χ3v) is 4.81. The Morgan fingerprint density at radius 1 is 0.625 bits per heavy atom. The number of para-hydroxylation sites is 1. The van der Waals surface area contributed by atoms with Crippen molar-refractivity contribution in [3.63, 3.8) is 0 Å². The van der Waals surface area contributed by atoms with Crippen LogP contribution in [0.25, 0.3) is 43.8 Å². The third-order valence-electron chi connectivity index (χ3n) is 4.81. The highest BCUT2D eigenvalue weighted by Crippen LogP contribution is 2.39. The van der Waals surface area contributed by atoms with Gasteiger partial charge in [-0.15, -0.1) is 0 Å². The Kier molecular flexibility index (Phi) is 2.77. The topological polar surface area (TPSA) is 13.1 Å². The standard InChI is InChI=1S/C23H16O/c1-15-13-14-19(18-11-6-8-16-7-2-3-9-17(16)18)23-22(15)20-10-4-5-12-21(20)24-23/h2-14H,1H3. The first-order valence-corrected chi connectivity index (χ1v) is 8.22. The second kappa shape index (κ2) is 4.97. The molecule has 0 aliphatic heterocycles. The Balaban J connectivity index is 1.95. The third kappa shape index (κ3) is 1.82. The summed E-state index contributed by atoms with van der Waals surface area (Å²) in [5.74, 6) is 0. The first kappa shape index (κ1) is 13.4. The summed E-state index contributed by atoms with van der Waals surface area (Å²) in [6.45, 7) is 2.15. The molecule has 0 atom stereocenters.